The van der Waals surface area contributed by atoms with E-state index in [0.717, 1.165) is 5.56 Å². The standard InChI is InChI=1S/C17H16ClFN2O2/c1-11(12-5-4-6-13(18)9-12)21-16(22)10-20-17(23)14-7-2-3-8-15(14)19/h2-9,11H,10H2,1H3,(H,20,23)(H,21,22). The molecule has 0 saturated carbocycles. The first kappa shape index (κ1) is 17.0. The van der Waals surface area contributed by atoms with Crippen LogP contribution in [0.5, 0.6) is 0 Å². The summed E-state index contributed by atoms with van der Waals surface area (Å²) in [6.45, 7) is 1.57. The molecule has 0 bridgehead atoms. The van der Waals surface area contributed by atoms with Crippen molar-refractivity contribution in [3.05, 3.63) is 70.5 Å². The summed E-state index contributed by atoms with van der Waals surface area (Å²) in [6, 6.07) is 12.5. The Morgan fingerprint density at radius 3 is 2.61 bits per heavy atom. The fraction of sp³-hybridized carbons (Fsp3) is 0.176. The van der Waals surface area contributed by atoms with E-state index in [4.69, 9.17) is 11.6 Å². The summed E-state index contributed by atoms with van der Waals surface area (Å²) in [6.07, 6.45) is 0. The molecule has 0 aromatic heterocycles. The highest BCUT2D eigenvalue weighted by Gasteiger charge is 2.14. The van der Waals surface area contributed by atoms with Crippen molar-refractivity contribution < 1.29 is 14.0 Å². The van der Waals surface area contributed by atoms with Gasteiger partial charge in [-0.1, -0.05) is 35.9 Å². The van der Waals surface area contributed by atoms with Crippen LogP contribution in [0.1, 0.15) is 28.9 Å². The minimum Gasteiger partial charge on any atom is -0.348 e. The lowest BCUT2D eigenvalue weighted by Gasteiger charge is -2.15. The van der Waals surface area contributed by atoms with Gasteiger partial charge in [-0.2, -0.15) is 0 Å². The molecule has 4 nitrogen and oxygen atoms in total. The first-order valence-corrected chi connectivity index (χ1v) is 7.42. The van der Waals surface area contributed by atoms with E-state index in [0.29, 0.717) is 5.02 Å². The van der Waals surface area contributed by atoms with Crippen molar-refractivity contribution in [1.29, 1.82) is 0 Å². The summed E-state index contributed by atoms with van der Waals surface area (Å²) in [5.74, 6) is -1.63. The van der Waals surface area contributed by atoms with Crippen LogP contribution in [0.15, 0.2) is 48.5 Å². The van der Waals surface area contributed by atoms with Crippen LogP contribution in [-0.4, -0.2) is 18.4 Å². The Bertz CT molecular complexity index is 721. The monoisotopic (exact) mass is 334 g/mol. The number of benzene rings is 2. The molecule has 2 amide bonds. The molecule has 0 fully saturated rings. The van der Waals surface area contributed by atoms with Crippen LogP contribution in [0.2, 0.25) is 5.02 Å². The van der Waals surface area contributed by atoms with E-state index in [1.54, 1.807) is 24.3 Å². The van der Waals surface area contributed by atoms with Crippen LogP contribution in [0.3, 0.4) is 0 Å². The molecule has 2 aromatic rings. The van der Waals surface area contributed by atoms with Crippen LogP contribution in [0.4, 0.5) is 4.39 Å². The van der Waals surface area contributed by atoms with Crippen LogP contribution < -0.4 is 10.6 Å². The average Bonchev–Trinajstić information content (AvgIpc) is 2.53. The molecular weight excluding hydrogens is 319 g/mol. The second-order valence-corrected chi connectivity index (χ2v) is 5.44. The molecule has 2 rings (SSSR count). The molecule has 2 N–H and O–H groups in total. The van der Waals surface area contributed by atoms with E-state index in [-0.39, 0.29) is 24.1 Å². The summed E-state index contributed by atoms with van der Waals surface area (Å²) in [4.78, 5) is 23.7. The Morgan fingerprint density at radius 2 is 1.91 bits per heavy atom. The number of hydrogen-bond donors (Lipinski definition) is 2. The highest BCUT2D eigenvalue weighted by atomic mass is 35.5. The third-order valence-corrected chi connectivity index (χ3v) is 3.49. The molecule has 2 aromatic carbocycles. The number of carbonyl (C=O) groups excluding carboxylic acids is 2. The van der Waals surface area contributed by atoms with E-state index in [1.165, 1.54) is 18.2 Å². The van der Waals surface area contributed by atoms with Gasteiger partial charge < -0.3 is 10.6 Å². The summed E-state index contributed by atoms with van der Waals surface area (Å²) in [7, 11) is 0. The summed E-state index contributed by atoms with van der Waals surface area (Å²) in [5, 5.41) is 5.71. The van der Waals surface area contributed by atoms with Gasteiger partial charge in [0, 0.05) is 5.02 Å². The molecule has 0 heterocycles. The molecule has 0 radical (unpaired) electrons. The minimum atomic E-state index is -0.631. The third-order valence-electron chi connectivity index (χ3n) is 3.25. The Labute approximate surface area is 138 Å². The molecule has 6 heteroatoms. The van der Waals surface area contributed by atoms with Gasteiger partial charge in [0.05, 0.1) is 18.2 Å². The van der Waals surface area contributed by atoms with Gasteiger partial charge in [-0.25, -0.2) is 4.39 Å². The smallest absolute Gasteiger partial charge is 0.254 e. The predicted octanol–water partition coefficient (Wildman–Crippen LogP) is 3.09. The normalized spacial score (nSPS) is 11.6. The number of amides is 2. The number of halogens is 2. The number of rotatable bonds is 5. The lowest BCUT2D eigenvalue weighted by molar-refractivity contribution is -0.120. The largest absolute Gasteiger partial charge is 0.348 e. The highest BCUT2D eigenvalue weighted by Crippen LogP contribution is 2.17. The van der Waals surface area contributed by atoms with E-state index >= 15 is 0 Å². The summed E-state index contributed by atoms with van der Waals surface area (Å²) < 4.78 is 13.5. The maximum atomic E-state index is 13.5. The number of nitrogens with one attached hydrogen (secondary N) is 2. The molecule has 0 aliphatic carbocycles. The molecule has 23 heavy (non-hydrogen) atoms. The zero-order valence-electron chi connectivity index (χ0n) is 12.5. The molecule has 0 aliphatic rings. The Morgan fingerprint density at radius 1 is 1.17 bits per heavy atom. The first-order valence-electron chi connectivity index (χ1n) is 7.05. The maximum Gasteiger partial charge on any atom is 0.254 e. The molecule has 0 saturated heterocycles. The predicted molar refractivity (Wildman–Crippen MR) is 86.7 cm³/mol. The average molecular weight is 335 g/mol. The summed E-state index contributed by atoms with van der Waals surface area (Å²) >= 11 is 5.91. The van der Waals surface area contributed by atoms with E-state index < -0.39 is 11.7 Å². The molecule has 0 aliphatic heterocycles. The Balaban J connectivity index is 1.88. The third kappa shape index (κ3) is 4.79. The van der Waals surface area contributed by atoms with Gasteiger partial charge in [-0.05, 0) is 36.8 Å². The van der Waals surface area contributed by atoms with Crippen LogP contribution in [0, 0.1) is 5.82 Å². The number of carbonyl (C=O) groups is 2. The van der Waals surface area contributed by atoms with Crippen molar-refractivity contribution in [1.82, 2.24) is 10.6 Å². The van der Waals surface area contributed by atoms with Crippen LogP contribution in [0.25, 0.3) is 0 Å². The van der Waals surface area contributed by atoms with Crippen molar-refractivity contribution in [2.75, 3.05) is 6.54 Å². The van der Waals surface area contributed by atoms with E-state index in [1.807, 2.05) is 13.0 Å². The lowest BCUT2D eigenvalue weighted by Crippen LogP contribution is -2.38. The molecular formula is C17H16ClFN2O2. The van der Waals surface area contributed by atoms with E-state index in [9.17, 15) is 14.0 Å². The zero-order chi connectivity index (χ0) is 16.8. The summed E-state index contributed by atoms with van der Waals surface area (Å²) in [5.41, 5.74) is 0.759. The SMILES string of the molecule is CC(NC(=O)CNC(=O)c1ccccc1F)c1cccc(Cl)c1. The quantitative estimate of drug-likeness (QED) is 0.882. The van der Waals surface area contributed by atoms with Gasteiger partial charge in [-0.3, -0.25) is 9.59 Å². The van der Waals surface area contributed by atoms with Gasteiger partial charge in [0.2, 0.25) is 5.91 Å². The Kier molecular flexibility index (Phi) is 5.71. The Hall–Kier alpha value is -2.40. The fourth-order valence-electron chi connectivity index (χ4n) is 2.05. The highest BCUT2D eigenvalue weighted by molar-refractivity contribution is 6.30. The first-order chi connectivity index (χ1) is 11.0. The van der Waals surface area contributed by atoms with Crippen molar-refractivity contribution >= 4 is 23.4 Å². The maximum absolute atomic E-state index is 13.5. The second-order valence-electron chi connectivity index (χ2n) is 5.01. The van der Waals surface area contributed by atoms with Gasteiger partial charge in [0.1, 0.15) is 5.82 Å². The topological polar surface area (TPSA) is 58.2 Å². The minimum absolute atomic E-state index is 0.0943. The van der Waals surface area contributed by atoms with Crippen molar-refractivity contribution in [3.63, 3.8) is 0 Å². The van der Waals surface area contributed by atoms with E-state index in [2.05, 4.69) is 10.6 Å². The van der Waals surface area contributed by atoms with Gasteiger partial charge in [-0.15, -0.1) is 0 Å². The zero-order valence-corrected chi connectivity index (χ0v) is 13.2. The molecule has 120 valence electrons. The molecule has 1 unspecified atom stereocenters. The van der Waals surface area contributed by atoms with Gasteiger partial charge in [0.15, 0.2) is 0 Å². The van der Waals surface area contributed by atoms with Crippen molar-refractivity contribution in [2.45, 2.75) is 13.0 Å². The molecule has 0 spiro atoms. The lowest BCUT2D eigenvalue weighted by atomic mass is 10.1. The van der Waals surface area contributed by atoms with Crippen LogP contribution >= 0.6 is 11.6 Å². The van der Waals surface area contributed by atoms with Gasteiger partial charge >= 0.3 is 0 Å². The van der Waals surface area contributed by atoms with Crippen molar-refractivity contribution in [3.8, 4) is 0 Å². The van der Waals surface area contributed by atoms with Crippen LogP contribution in [-0.2, 0) is 4.79 Å². The number of hydrogen-bond acceptors (Lipinski definition) is 2. The van der Waals surface area contributed by atoms with Gasteiger partial charge in [0.25, 0.3) is 5.91 Å². The van der Waals surface area contributed by atoms with Crippen molar-refractivity contribution in [2.24, 2.45) is 0 Å². The fourth-order valence-corrected chi connectivity index (χ4v) is 2.25. The second kappa shape index (κ2) is 7.74. The molecule has 1 atom stereocenters.